The van der Waals surface area contributed by atoms with Crippen LogP contribution < -0.4 is 0 Å². The van der Waals surface area contributed by atoms with Crippen molar-refractivity contribution >= 4 is 65.2 Å². The predicted octanol–water partition coefficient (Wildman–Crippen LogP) is 11.0. The Morgan fingerprint density at radius 2 is 1.23 bits per heavy atom. The van der Waals surface area contributed by atoms with Crippen LogP contribution in [0.3, 0.4) is 0 Å². The first kappa shape index (κ1) is 22.8. The van der Waals surface area contributed by atoms with E-state index in [1.54, 1.807) is 0 Å². The number of fused-ring (bicyclic) bond motifs is 8. The molecule has 2 heterocycles. The van der Waals surface area contributed by atoms with Gasteiger partial charge in [-0.25, -0.2) is 0 Å². The van der Waals surface area contributed by atoms with Crippen molar-refractivity contribution in [3.05, 3.63) is 146 Å². The number of aromatic nitrogens is 1. The molecule has 188 valence electrons. The summed E-state index contributed by atoms with van der Waals surface area (Å²) < 4.78 is 2.52. The first-order valence-corrected chi connectivity index (χ1v) is 13.8. The predicted molar refractivity (Wildman–Crippen MR) is 175 cm³/mol. The third kappa shape index (κ3) is 3.09. The highest BCUT2D eigenvalue weighted by Gasteiger charge is 2.24. The van der Waals surface area contributed by atoms with Crippen LogP contribution >= 0.6 is 0 Å². The van der Waals surface area contributed by atoms with Gasteiger partial charge in [-0.3, -0.25) is 0 Å². The van der Waals surface area contributed by atoms with Crippen molar-refractivity contribution in [2.45, 2.75) is 6.92 Å². The van der Waals surface area contributed by atoms with Gasteiger partial charge < -0.3 is 4.40 Å². The lowest BCUT2D eigenvalue weighted by atomic mass is 9.91. The van der Waals surface area contributed by atoms with Crippen LogP contribution in [-0.4, -0.2) is 4.40 Å². The highest BCUT2D eigenvalue weighted by atomic mass is 14.9. The lowest BCUT2D eigenvalue weighted by molar-refractivity contribution is 1.38. The molecule has 0 aliphatic heterocycles. The SMILES string of the molecule is C=C/C=C\C=C(/C)c1c2ccccc2cc2c1c1cccc3c4c(-c5ccccc5)c5ccccc5cc4n2c13. The van der Waals surface area contributed by atoms with E-state index in [1.165, 1.54) is 81.9 Å². The smallest absolute Gasteiger partial charge is 0.0620 e. The van der Waals surface area contributed by atoms with Gasteiger partial charge in [-0.15, -0.1) is 0 Å². The first-order valence-electron chi connectivity index (χ1n) is 13.8. The molecule has 0 N–H and O–H groups in total. The molecule has 1 heteroatoms. The molecule has 0 spiro atoms. The number of hydrogen-bond acceptors (Lipinski definition) is 0. The molecule has 0 radical (unpaired) electrons. The van der Waals surface area contributed by atoms with Crippen molar-refractivity contribution in [2.24, 2.45) is 0 Å². The minimum absolute atomic E-state index is 1.24. The van der Waals surface area contributed by atoms with Gasteiger partial charge in [-0.1, -0.05) is 128 Å². The second kappa shape index (κ2) is 8.69. The molecule has 0 amide bonds. The number of hydrogen-bond donors (Lipinski definition) is 0. The van der Waals surface area contributed by atoms with Gasteiger partial charge in [0, 0.05) is 21.5 Å². The maximum absolute atomic E-state index is 3.84. The van der Waals surface area contributed by atoms with Gasteiger partial charge in [-0.2, -0.15) is 0 Å². The molecule has 0 saturated heterocycles. The molecule has 0 unspecified atom stereocenters. The number of nitrogens with zero attached hydrogens (tertiary/aromatic N) is 1. The highest BCUT2D eigenvalue weighted by Crippen LogP contribution is 2.47. The second-order valence-corrected chi connectivity index (χ2v) is 10.6. The van der Waals surface area contributed by atoms with Crippen LogP contribution in [0.15, 0.2) is 140 Å². The van der Waals surface area contributed by atoms with Gasteiger partial charge in [0.2, 0.25) is 0 Å². The Labute approximate surface area is 232 Å². The Morgan fingerprint density at radius 3 is 1.98 bits per heavy atom. The van der Waals surface area contributed by atoms with Crippen molar-refractivity contribution < 1.29 is 0 Å². The Kier molecular flexibility index (Phi) is 4.96. The average Bonchev–Trinajstić information content (AvgIpc) is 3.51. The Bertz CT molecular complexity index is 2330. The zero-order chi connectivity index (χ0) is 26.8. The van der Waals surface area contributed by atoms with Gasteiger partial charge in [0.05, 0.1) is 16.6 Å². The number of rotatable bonds is 4. The minimum atomic E-state index is 1.24. The molecule has 8 aromatic rings. The standard InChI is InChI=1S/C39H27N/c1-3-4-6-14-25(2)35-29-19-11-9-17-27(29)23-33-37(35)31-21-13-22-32-38-34(40(33)39(31)32)24-28-18-10-12-20-30(28)36(38)26-15-7-5-8-16-26/h3-24H,1H2,2H3/b6-4-,25-14+. The lowest BCUT2D eigenvalue weighted by Crippen LogP contribution is -1.89. The molecule has 6 aromatic carbocycles. The molecule has 40 heavy (non-hydrogen) atoms. The summed E-state index contributed by atoms with van der Waals surface area (Å²) >= 11 is 0. The molecule has 0 aliphatic carbocycles. The molecule has 0 fully saturated rings. The summed E-state index contributed by atoms with van der Waals surface area (Å²) in [6, 6.07) is 40.1. The third-order valence-corrected chi connectivity index (χ3v) is 8.39. The van der Waals surface area contributed by atoms with Crippen molar-refractivity contribution in [1.29, 1.82) is 0 Å². The molecule has 0 saturated carbocycles. The van der Waals surface area contributed by atoms with Crippen molar-refractivity contribution in [2.75, 3.05) is 0 Å². The molecule has 8 rings (SSSR count). The summed E-state index contributed by atoms with van der Waals surface area (Å²) in [7, 11) is 0. The van der Waals surface area contributed by atoms with Crippen LogP contribution in [0.2, 0.25) is 0 Å². The van der Waals surface area contributed by atoms with Crippen molar-refractivity contribution in [3.8, 4) is 11.1 Å². The van der Waals surface area contributed by atoms with Crippen LogP contribution in [0.1, 0.15) is 12.5 Å². The van der Waals surface area contributed by atoms with E-state index in [0.717, 1.165) is 0 Å². The first-order chi connectivity index (χ1) is 19.8. The van der Waals surface area contributed by atoms with E-state index in [0.29, 0.717) is 0 Å². The number of allylic oxidation sites excluding steroid dienone is 5. The Hall–Kier alpha value is -5.14. The van der Waals surface area contributed by atoms with Gasteiger partial charge in [0.1, 0.15) is 0 Å². The topological polar surface area (TPSA) is 4.41 Å². The highest BCUT2D eigenvalue weighted by molar-refractivity contribution is 6.31. The van der Waals surface area contributed by atoms with E-state index in [1.807, 2.05) is 12.2 Å². The molecule has 1 nitrogen and oxygen atoms in total. The molecule has 0 atom stereocenters. The summed E-state index contributed by atoms with van der Waals surface area (Å²) in [6.45, 7) is 6.07. The molecule has 2 aromatic heterocycles. The van der Waals surface area contributed by atoms with Crippen molar-refractivity contribution in [1.82, 2.24) is 4.40 Å². The van der Waals surface area contributed by atoms with Crippen LogP contribution in [0.5, 0.6) is 0 Å². The van der Waals surface area contributed by atoms with Crippen LogP contribution in [0.4, 0.5) is 0 Å². The van der Waals surface area contributed by atoms with E-state index >= 15 is 0 Å². The summed E-state index contributed by atoms with van der Waals surface area (Å²) in [4.78, 5) is 0. The Morgan fingerprint density at radius 1 is 0.625 bits per heavy atom. The average molecular weight is 510 g/mol. The number of benzene rings is 6. The Balaban J connectivity index is 1.64. The third-order valence-electron chi connectivity index (χ3n) is 8.39. The monoisotopic (exact) mass is 509 g/mol. The summed E-state index contributed by atoms with van der Waals surface area (Å²) in [6.07, 6.45) is 8.10. The maximum atomic E-state index is 3.84. The molecule has 0 bridgehead atoms. The van der Waals surface area contributed by atoms with E-state index in [2.05, 4.69) is 139 Å². The van der Waals surface area contributed by atoms with Gasteiger partial charge in [0.15, 0.2) is 0 Å². The summed E-state index contributed by atoms with van der Waals surface area (Å²) in [5, 5.41) is 10.3. The van der Waals surface area contributed by atoms with Gasteiger partial charge >= 0.3 is 0 Å². The molecule has 0 aliphatic rings. The van der Waals surface area contributed by atoms with Gasteiger partial charge in [-0.05, 0) is 62.9 Å². The number of para-hydroxylation sites is 1. The maximum Gasteiger partial charge on any atom is 0.0620 e. The largest absolute Gasteiger partial charge is 0.308 e. The van der Waals surface area contributed by atoms with E-state index in [-0.39, 0.29) is 0 Å². The van der Waals surface area contributed by atoms with Crippen LogP contribution in [-0.2, 0) is 0 Å². The quantitative estimate of drug-likeness (QED) is 0.208. The zero-order valence-electron chi connectivity index (χ0n) is 22.4. The van der Waals surface area contributed by atoms with E-state index in [4.69, 9.17) is 0 Å². The van der Waals surface area contributed by atoms with Gasteiger partial charge in [0.25, 0.3) is 0 Å². The molecular formula is C39H27N. The lowest BCUT2D eigenvalue weighted by Gasteiger charge is -2.13. The second-order valence-electron chi connectivity index (χ2n) is 10.6. The van der Waals surface area contributed by atoms with E-state index in [9.17, 15) is 0 Å². The fourth-order valence-electron chi connectivity index (χ4n) is 6.80. The summed E-state index contributed by atoms with van der Waals surface area (Å²) in [5.74, 6) is 0. The molecular weight excluding hydrogens is 482 g/mol. The normalized spacial score (nSPS) is 12.8. The fraction of sp³-hybridized carbons (Fsp3) is 0.0256. The van der Waals surface area contributed by atoms with Crippen LogP contribution in [0, 0.1) is 0 Å². The zero-order valence-corrected chi connectivity index (χ0v) is 22.4. The fourth-order valence-corrected chi connectivity index (χ4v) is 6.80. The van der Waals surface area contributed by atoms with Crippen LogP contribution in [0.25, 0.3) is 76.3 Å². The van der Waals surface area contributed by atoms with Crippen molar-refractivity contribution in [3.63, 3.8) is 0 Å². The van der Waals surface area contributed by atoms with E-state index < -0.39 is 0 Å². The minimum Gasteiger partial charge on any atom is -0.308 e. The summed E-state index contributed by atoms with van der Waals surface area (Å²) in [5.41, 5.74) is 8.92.